The van der Waals surface area contributed by atoms with Crippen LogP contribution in [0.1, 0.15) is 18.4 Å². The van der Waals surface area contributed by atoms with Crippen molar-refractivity contribution in [3.8, 4) is 0 Å². The lowest BCUT2D eigenvalue weighted by atomic mass is 10.0. The molecular formula is C14H23N5. The molecule has 19 heavy (non-hydrogen) atoms. The third kappa shape index (κ3) is 4.22. The highest BCUT2D eigenvalue weighted by Gasteiger charge is 2.20. The number of nitrogens with one attached hydrogen (secondary N) is 2. The van der Waals surface area contributed by atoms with E-state index in [2.05, 4.69) is 51.0 Å². The van der Waals surface area contributed by atoms with Crippen LogP contribution in [-0.2, 0) is 6.54 Å². The largest absolute Gasteiger partial charge is 0.351 e. The maximum Gasteiger partial charge on any atom is 0.205 e. The van der Waals surface area contributed by atoms with Crippen LogP contribution in [-0.4, -0.2) is 37.0 Å². The van der Waals surface area contributed by atoms with Gasteiger partial charge in [0, 0.05) is 26.2 Å². The second kappa shape index (κ2) is 7.11. The van der Waals surface area contributed by atoms with Crippen LogP contribution in [0.2, 0.25) is 0 Å². The molecule has 1 fully saturated rings. The van der Waals surface area contributed by atoms with E-state index in [0.717, 1.165) is 26.1 Å². The Morgan fingerprint density at radius 1 is 1.42 bits per heavy atom. The van der Waals surface area contributed by atoms with Crippen molar-refractivity contribution in [2.75, 3.05) is 20.1 Å². The molecule has 5 heteroatoms. The van der Waals surface area contributed by atoms with Crippen molar-refractivity contribution in [3.63, 3.8) is 0 Å². The van der Waals surface area contributed by atoms with E-state index < -0.39 is 0 Å². The Kier molecular flexibility index (Phi) is 5.18. The van der Waals surface area contributed by atoms with Crippen LogP contribution >= 0.6 is 0 Å². The molecule has 5 nitrogen and oxygen atoms in total. The Hall–Kier alpha value is -1.59. The van der Waals surface area contributed by atoms with Gasteiger partial charge in [-0.15, -0.1) is 0 Å². The van der Waals surface area contributed by atoms with Crippen molar-refractivity contribution in [3.05, 3.63) is 35.9 Å². The Morgan fingerprint density at radius 2 is 2.21 bits per heavy atom. The molecule has 1 aromatic carbocycles. The highest BCUT2D eigenvalue weighted by molar-refractivity contribution is 5.79. The number of hydrazine groups is 1. The van der Waals surface area contributed by atoms with Gasteiger partial charge in [-0.25, -0.2) is 5.84 Å². The fourth-order valence-electron chi connectivity index (χ4n) is 2.52. The lowest BCUT2D eigenvalue weighted by molar-refractivity contribution is 0.192. The Bertz CT molecular complexity index is 404. The maximum atomic E-state index is 5.40. The van der Waals surface area contributed by atoms with Gasteiger partial charge < -0.3 is 5.32 Å². The van der Waals surface area contributed by atoms with Gasteiger partial charge in [0.1, 0.15) is 0 Å². The van der Waals surface area contributed by atoms with Gasteiger partial charge in [0.15, 0.2) is 0 Å². The molecule has 4 N–H and O–H groups in total. The first-order chi connectivity index (χ1) is 9.31. The second-order valence-corrected chi connectivity index (χ2v) is 4.92. The van der Waals surface area contributed by atoms with Gasteiger partial charge in [0.25, 0.3) is 0 Å². The molecule has 1 unspecified atom stereocenters. The fourth-order valence-corrected chi connectivity index (χ4v) is 2.52. The van der Waals surface area contributed by atoms with Gasteiger partial charge in [-0.05, 0) is 24.9 Å². The number of benzene rings is 1. The minimum absolute atomic E-state index is 0.409. The van der Waals surface area contributed by atoms with Crippen molar-refractivity contribution in [2.45, 2.75) is 25.4 Å². The van der Waals surface area contributed by atoms with Crippen LogP contribution in [0.3, 0.4) is 0 Å². The summed E-state index contributed by atoms with van der Waals surface area (Å²) in [4.78, 5) is 6.53. The maximum absolute atomic E-state index is 5.40. The summed E-state index contributed by atoms with van der Waals surface area (Å²) in [5.41, 5.74) is 3.95. The van der Waals surface area contributed by atoms with E-state index in [1.54, 1.807) is 7.05 Å². The van der Waals surface area contributed by atoms with E-state index in [-0.39, 0.29) is 0 Å². The summed E-state index contributed by atoms with van der Waals surface area (Å²) in [7, 11) is 1.73. The van der Waals surface area contributed by atoms with Crippen LogP contribution in [0.25, 0.3) is 0 Å². The van der Waals surface area contributed by atoms with E-state index >= 15 is 0 Å². The van der Waals surface area contributed by atoms with Crippen LogP contribution in [0.15, 0.2) is 35.3 Å². The number of hydrogen-bond acceptors (Lipinski definition) is 3. The molecule has 0 amide bonds. The zero-order valence-corrected chi connectivity index (χ0v) is 11.5. The predicted octanol–water partition coefficient (Wildman–Crippen LogP) is 0.690. The van der Waals surface area contributed by atoms with Crippen LogP contribution in [0.4, 0.5) is 0 Å². The zero-order valence-electron chi connectivity index (χ0n) is 11.5. The fraction of sp³-hybridized carbons (Fsp3) is 0.500. The molecule has 1 aliphatic heterocycles. The van der Waals surface area contributed by atoms with E-state index in [1.807, 2.05) is 0 Å². The lowest BCUT2D eigenvalue weighted by Gasteiger charge is -2.33. The first kappa shape index (κ1) is 13.8. The van der Waals surface area contributed by atoms with E-state index in [1.165, 1.54) is 12.0 Å². The average Bonchev–Trinajstić information content (AvgIpc) is 2.46. The zero-order chi connectivity index (χ0) is 13.5. The molecule has 0 aliphatic carbocycles. The molecule has 0 radical (unpaired) electrons. The molecule has 104 valence electrons. The molecule has 1 aromatic rings. The third-order valence-corrected chi connectivity index (χ3v) is 3.46. The smallest absolute Gasteiger partial charge is 0.205 e. The summed E-state index contributed by atoms with van der Waals surface area (Å²) in [5, 5.41) is 3.34. The number of aliphatic imine (C=N–C) groups is 1. The van der Waals surface area contributed by atoms with Crippen molar-refractivity contribution in [1.29, 1.82) is 0 Å². The van der Waals surface area contributed by atoms with Gasteiger partial charge in [0.2, 0.25) is 5.96 Å². The molecular weight excluding hydrogens is 238 g/mol. The highest BCUT2D eigenvalue weighted by atomic mass is 15.3. The molecule has 2 rings (SSSR count). The average molecular weight is 261 g/mol. The van der Waals surface area contributed by atoms with Gasteiger partial charge in [-0.1, -0.05) is 30.3 Å². The Morgan fingerprint density at radius 3 is 2.89 bits per heavy atom. The van der Waals surface area contributed by atoms with Crippen molar-refractivity contribution in [2.24, 2.45) is 10.8 Å². The normalized spacial score (nSPS) is 21.2. The number of guanidine groups is 1. The van der Waals surface area contributed by atoms with Crippen LogP contribution in [0, 0.1) is 0 Å². The minimum atomic E-state index is 0.409. The van der Waals surface area contributed by atoms with Gasteiger partial charge >= 0.3 is 0 Å². The predicted molar refractivity (Wildman–Crippen MR) is 78.6 cm³/mol. The number of nitrogens with zero attached hydrogens (tertiary/aromatic N) is 2. The SMILES string of the molecule is CN=C(NN)NC1CCCN(Cc2ccccc2)C1. The molecule has 0 spiro atoms. The standard InChI is InChI=1S/C14H23N5/c1-16-14(18-15)17-13-8-5-9-19(11-13)10-12-6-3-2-4-7-12/h2-4,6-7,13H,5,8-11,15H2,1H3,(H2,16,17,18). The van der Waals surface area contributed by atoms with Crippen molar-refractivity contribution in [1.82, 2.24) is 15.6 Å². The monoisotopic (exact) mass is 261 g/mol. The molecule has 1 aliphatic rings. The summed E-state index contributed by atoms with van der Waals surface area (Å²) in [6.07, 6.45) is 2.36. The van der Waals surface area contributed by atoms with Gasteiger partial charge in [-0.2, -0.15) is 0 Å². The topological polar surface area (TPSA) is 65.7 Å². The number of likely N-dealkylation sites (tertiary alicyclic amines) is 1. The van der Waals surface area contributed by atoms with Crippen LogP contribution < -0.4 is 16.6 Å². The second-order valence-electron chi connectivity index (χ2n) is 4.92. The molecule has 0 saturated carbocycles. The number of hydrogen-bond donors (Lipinski definition) is 3. The minimum Gasteiger partial charge on any atom is -0.351 e. The summed E-state index contributed by atoms with van der Waals surface area (Å²) >= 11 is 0. The van der Waals surface area contributed by atoms with E-state index in [0.29, 0.717) is 12.0 Å². The molecule has 1 heterocycles. The lowest BCUT2D eigenvalue weighted by Crippen LogP contribution is -2.52. The Labute approximate surface area is 114 Å². The molecule has 1 saturated heterocycles. The summed E-state index contributed by atoms with van der Waals surface area (Å²) < 4.78 is 0. The third-order valence-electron chi connectivity index (χ3n) is 3.46. The van der Waals surface area contributed by atoms with Crippen molar-refractivity contribution >= 4 is 5.96 Å². The van der Waals surface area contributed by atoms with Crippen LogP contribution in [0.5, 0.6) is 0 Å². The molecule has 1 atom stereocenters. The molecule has 0 aromatic heterocycles. The summed E-state index contributed by atoms with van der Waals surface area (Å²) in [5.74, 6) is 6.06. The number of piperidine rings is 1. The highest BCUT2D eigenvalue weighted by Crippen LogP contribution is 2.13. The first-order valence-electron chi connectivity index (χ1n) is 6.78. The van der Waals surface area contributed by atoms with Crippen molar-refractivity contribution < 1.29 is 0 Å². The molecule has 0 bridgehead atoms. The summed E-state index contributed by atoms with van der Waals surface area (Å²) in [6, 6.07) is 11.0. The quantitative estimate of drug-likeness (QED) is 0.324. The number of nitrogens with two attached hydrogens (primary N) is 1. The Balaban J connectivity index is 1.87. The first-order valence-corrected chi connectivity index (χ1v) is 6.78. The summed E-state index contributed by atoms with van der Waals surface area (Å²) in [6.45, 7) is 3.19. The van der Waals surface area contributed by atoms with E-state index in [4.69, 9.17) is 5.84 Å². The van der Waals surface area contributed by atoms with Gasteiger partial charge in [-0.3, -0.25) is 15.3 Å². The number of rotatable bonds is 3. The van der Waals surface area contributed by atoms with Gasteiger partial charge in [0.05, 0.1) is 0 Å². The van der Waals surface area contributed by atoms with E-state index in [9.17, 15) is 0 Å².